The van der Waals surface area contributed by atoms with Gasteiger partial charge in [-0.25, -0.2) is 45.6 Å². The average molecular weight is 1690 g/mol. The highest BCUT2D eigenvalue weighted by atomic mass is 19.5. The van der Waals surface area contributed by atoms with Gasteiger partial charge in [-0.1, -0.05) is 12.1 Å². The van der Waals surface area contributed by atoms with Gasteiger partial charge in [0, 0.05) is 12.8 Å². The van der Waals surface area contributed by atoms with E-state index in [9.17, 15) is 206 Å². The van der Waals surface area contributed by atoms with Gasteiger partial charge in [0.15, 0.2) is 19.8 Å². The van der Waals surface area contributed by atoms with Crippen molar-refractivity contribution in [1.29, 1.82) is 0 Å². The molecule has 2 saturated carbocycles. The number of rotatable bonds is 21. The molecule has 0 radical (unpaired) electrons. The van der Waals surface area contributed by atoms with E-state index >= 15 is 13.2 Å². The highest BCUT2D eigenvalue weighted by Gasteiger charge is 2.83. The second kappa shape index (κ2) is 29.7. The highest BCUT2D eigenvalue weighted by molar-refractivity contribution is 6.22. The lowest BCUT2D eigenvalue weighted by Gasteiger charge is -2.36. The molecule has 1 aromatic rings. The van der Waals surface area contributed by atoms with Crippen molar-refractivity contribution >= 4 is 53.4 Å². The lowest BCUT2D eigenvalue weighted by atomic mass is 9.75. The first kappa shape index (κ1) is 93.5. The predicted octanol–water partition coefficient (Wildman–Crippen LogP) is 13.8. The molecule has 2 saturated heterocycles. The summed E-state index contributed by atoms with van der Waals surface area (Å²) in [5.74, 6) is -62.4. The van der Waals surface area contributed by atoms with Crippen LogP contribution < -0.4 is 0 Å². The van der Waals surface area contributed by atoms with Gasteiger partial charge in [0.05, 0.1) is 23.0 Å². The number of imide groups is 3. The van der Waals surface area contributed by atoms with Crippen molar-refractivity contribution in [2.45, 2.75) is 191 Å². The van der Waals surface area contributed by atoms with Crippen LogP contribution in [0.4, 0.5) is 176 Å². The van der Waals surface area contributed by atoms with Crippen molar-refractivity contribution in [2.24, 2.45) is 11.8 Å². The summed E-state index contributed by atoms with van der Waals surface area (Å²) >= 11 is 0. The van der Waals surface area contributed by atoms with Crippen LogP contribution in [0.1, 0.15) is 85.4 Å². The lowest BCUT2D eigenvalue weighted by molar-refractivity contribution is -0.429. The number of amides is 6. The number of fused-ring (bicyclic) bond motifs is 3. The normalized spacial score (nSPS) is 24.5. The number of nitrogens with zero attached hydrogens (tertiary/aromatic N) is 3. The molecule has 624 valence electrons. The number of carbonyl (C=O) groups is 9. The Hall–Kier alpha value is -7.87. The van der Waals surface area contributed by atoms with Gasteiger partial charge in [-0.2, -0.15) is 149 Å². The summed E-state index contributed by atoms with van der Waals surface area (Å²) in [5.41, 5.74) is -9.81. The van der Waals surface area contributed by atoms with E-state index in [2.05, 4.69) is 28.4 Å². The number of esters is 3. The summed E-state index contributed by atoms with van der Waals surface area (Å²) in [6.07, 6.45) is -85.9. The zero-order chi connectivity index (χ0) is 85.4. The molecular weight excluding hydrogens is 1650 g/mol. The molecule has 3 aliphatic heterocycles. The number of hydrogen-bond donors (Lipinski definition) is 0. The molecule has 1 aromatic carbocycles. The van der Waals surface area contributed by atoms with Crippen LogP contribution in [0.15, 0.2) is 24.3 Å². The van der Waals surface area contributed by atoms with Crippen LogP contribution in [0.2, 0.25) is 0 Å². The fraction of sp³-hybridized carbons (Fsp3) is 0.706. The Labute approximate surface area is 573 Å². The fourth-order valence-corrected chi connectivity index (χ4v) is 10.1. The maximum Gasteiger partial charge on any atom is 0.454 e. The zero-order valence-electron chi connectivity index (χ0n) is 51.7. The molecule has 0 bridgehead atoms. The van der Waals surface area contributed by atoms with E-state index in [4.69, 9.17) is 0 Å². The molecule has 4 fully saturated rings. The van der Waals surface area contributed by atoms with E-state index in [0.29, 0.717) is 0 Å². The summed E-state index contributed by atoms with van der Waals surface area (Å²) in [6, 6.07) is -1.26. The predicted molar refractivity (Wildman–Crippen MR) is 255 cm³/mol. The Kier molecular flexibility index (Phi) is 25.4. The molecule has 0 aromatic heterocycles. The standard InChI is InChI=1S/C17H11F16NO5.C17H12F15NO5.C17H12F9NO5/c18-10(19)3-1-2-6-7(35)34(8(36)14(6,10)26)15(27,17(31,32)33)9(37)38-5-11(20,16(28,29)30)39-13(24,25)4-12(21,22)23;18-11(19)3-1-2-6-8(34)33(10(36)15(6,11)26)7(16(27,28)29)9(35)37-5-12(20,17(30,31)32)38-14(24,25)4-13(21,22)23;1-8(27-11(28)9-4-2-3-5-10(9)12(27)29)13(30)31-7-14(18,17(24,25)26)32-16(22,23)6-15(19,20)21/h6H,1-5H2;6-7H,1-5H2;2-5,8H,6-7H2,1H3. The maximum absolute atomic E-state index is 15.1. The van der Waals surface area contributed by atoms with Crippen LogP contribution in [-0.4, -0.2) is 214 Å². The number of likely N-dealkylation sites (tertiary alicyclic amines) is 2. The molecule has 0 N–H and O–H groups in total. The number of ether oxygens (including phenoxy) is 6. The Balaban J connectivity index is 0.000000347. The highest BCUT2D eigenvalue weighted by Crippen LogP contribution is 2.58. The number of hydrogen-bond acceptors (Lipinski definition) is 15. The van der Waals surface area contributed by atoms with Crippen molar-refractivity contribution in [3.8, 4) is 0 Å². The Morgan fingerprint density at radius 3 is 1.04 bits per heavy atom. The van der Waals surface area contributed by atoms with Crippen molar-refractivity contribution in [3.63, 3.8) is 0 Å². The molecule has 10 atom stereocenters. The molecule has 58 heteroatoms. The first-order chi connectivity index (χ1) is 48.2. The summed E-state index contributed by atoms with van der Waals surface area (Å²) in [6.45, 7) is -8.78. The maximum atomic E-state index is 15.1. The smallest absolute Gasteiger partial charge is 0.454 e. The molecule has 0 spiro atoms. The van der Waals surface area contributed by atoms with Crippen molar-refractivity contribution in [3.05, 3.63) is 35.4 Å². The van der Waals surface area contributed by atoms with Crippen LogP contribution in [0.25, 0.3) is 0 Å². The third-order valence-electron chi connectivity index (χ3n) is 15.0. The third-order valence-corrected chi connectivity index (χ3v) is 15.0. The zero-order valence-corrected chi connectivity index (χ0v) is 51.7. The van der Waals surface area contributed by atoms with E-state index < -0.39 is 279 Å². The van der Waals surface area contributed by atoms with Gasteiger partial charge in [-0.15, -0.1) is 0 Å². The number of alkyl halides is 40. The fourth-order valence-electron chi connectivity index (χ4n) is 10.1. The number of benzene rings is 1. The largest absolute Gasteiger partial charge is 0.458 e. The minimum absolute atomic E-state index is 0.151. The molecule has 3 heterocycles. The second-order valence-electron chi connectivity index (χ2n) is 23.0. The van der Waals surface area contributed by atoms with Crippen molar-refractivity contribution in [1.82, 2.24) is 14.7 Å². The molecule has 10 unspecified atom stereocenters. The van der Waals surface area contributed by atoms with E-state index in [1.165, 1.54) is 24.3 Å². The van der Waals surface area contributed by atoms with Gasteiger partial charge < -0.3 is 14.2 Å². The third kappa shape index (κ3) is 19.4. The van der Waals surface area contributed by atoms with E-state index in [-0.39, 0.29) is 16.0 Å². The Bertz CT molecular complexity index is 3570. The molecule has 18 nitrogen and oxygen atoms in total. The van der Waals surface area contributed by atoms with Crippen molar-refractivity contribution in [2.75, 3.05) is 19.8 Å². The van der Waals surface area contributed by atoms with Gasteiger partial charge in [-0.3, -0.25) is 52.8 Å². The first-order valence-electron chi connectivity index (χ1n) is 28.1. The molecular formula is C51H35F40N3O15. The van der Waals surface area contributed by atoms with Gasteiger partial charge >= 0.3 is 109 Å². The SMILES string of the molecule is CC(C(=O)OCC(F)(OC(F)(F)CC(F)(F)F)C(F)(F)F)N1C(=O)c2ccccc2C1=O.O=C(OCC(F)(OC(F)(F)CC(F)(F)F)C(F)(F)F)C(N1C(=O)C2CCCC(F)(F)C2(F)C1=O)C(F)(F)F.O=C1C2CCCC(F)(F)C2(F)C(=O)N1C(F)(C(=O)OCC(F)(OC(F)(F)CC(F)(F)F)C(F)(F)F)C(F)(F)F. The summed E-state index contributed by atoms with van der Waals surface area (Å²) in [5, 5.41) is 0. The Morgan fingerprint density at radius 1 is 0.431 bits per heavy atom. The minimum atomic E-state index is -7.03. The van der Waals surface area contributed by atoms with Gasteiger partial charge in [0.1, 0.15) is 25.3 Å². The lowest BCUT2D eigenvalue weighted by Crippen LogP contribution is -2.66. The van der Waals surface area contributed by atoms with Gasteiger partial charge in [-0.05, 0) is 44.7 Å². The summed E-state index contributed by atoms with van der Waals surface area (Å²) < 4.78 is 548. The monoisotopic (exact) mass is 1690 g/mol. The second-order valence-corrected chi connectivity index (χ2v) is 23.0. The molecule has 5 aliphatic rings. The minimum Gasteiger partial charge on any atom is -0.458 e. The molecule has 6 amide bonds. The van der Waals surface area contributed by atoms with Crippen LogP contribution >= 0.6 is 0 Å². The Morgan fingerprint density at radius 2 is 0.743 bits per heavy atom. The quantitative estimate of drug-likeness (QED) is 0.0367. The van der Waals surface area contributed by atoms with Crippen molar-refractivity contribution < 1.29 is 247 Å². The summed E-state index contributed by atoms with van der Waals surface area (Å²) in [7, 11) is 0. The van der Waals surface area contributed by atoms with Crippen LogP contribution in [-0.2, 0) is 62.0 Å². The molecule has 109 heavy (non-hydrogen) atoms. The topological polar surface area (TPSA) is 219 Å². The molecule has 2 aliphatic carbocycles. The van der Waals surface area contributed by atoms with Crippen LogP contribution in [0, 0.1) is 11.8 Å². The van der Waals surface area contributed by atoms with Crippen LogP contribution in [0.3, 0.4) is 0 Å². The van der Waals surface area contributed by atoms with Gasteiger partial charge in [0.2, 0.25) is 17.9 Å². The number of carbonyl (C=O) groups excluding carboxylic acids is 9. The van der Waals surface area contributed by atoms with Crippen LogP contribution in [0.5, 0.6) is 0 Å². The number of halogens is 40. The van der Waals surface area contributed by atoms with E-state index in [1.807, 2.05) is 0 Å². The van der Waals surface area contributed by atoms with Gasteiger partial charge in [0.25, 0.3) is 46.8 Å². The first-order valence-corrected chi connectivity index (χ1v) is 28.1. The molecule has 6 rings (SSSR count). The average Bonchev–Trinajstić information content (AvgIpc) is 1.54. The van der Waals surface area contributed by atoms with E-state index in [1.54, 1.807) is 0 Å². The summed E-state index contributed by atoms with van der Waals surface area (Å²) in [4.78, 5) is 106. The van der Waals surface area contributed by atoms with E-state index in [0.717, 1.165) is 6.92 Å².